The minimum absolute atomic E-state index is 0.0910. The highest BCUT2D eigenvalue weighted by Crippen LogP contribution is 2.20. The highest BCUT2D eigenvalue weighted by Gasteiger charge is 2.26. The van der Waals surface area contributed by atoms with Gasteiger partial charge in [-0.05, 0) is 29.5 Å². The van der Waals surface area contributed by atoms with E-state index in [9.17, 15) is 9.59 Å². The summed E-state index contributed by atoms with van der Waals surface area (Å²) >= 11 is 0. The lowest BCUT2D eigenvalue weighted by Crippen LogP contribution is -2.47. The molecule has 1 aliphatic rings. The molecule has 0 aliphatic carbocycles. The third kappa shape index (κ3) is 4.31. The molecule has 0 unspecified atom stereocenters. The number of piperidine rings is 1. The summed E-state index contributed by atoms with van der Waals surface area (Å²) in [6.45, 7) is 3.04. The SMILES string of the molecule is CC(=O)N(C)C1CCN(C(=O)Cc2ccc(-c3ccccc3)cc2)CC1. The van der Waals surface area contributed by atoms with Crippen LogP contribution in [0.1, 0.15) is 25.3 Å². The van der Waals surface area contributed by atoms with Gasteiger partial charge in [-0.15, -0.1) is 0 Å². The van der Waals surface area contributed by atoms with Crippen molar-refractivity contribution in [3.63, 3.8) is 0 Å². The van der Waals surface area contributed by atoms with Gasteiger partial charge in [-0.3, -0.25) is 9.59 Å². The van der Waals surface area contributed by atoms with Gasteiger partial charge < -0.3 is 9.80 Å². The molecule has 1 heterocycles. The van der Waals surface area contributed by atoms with Crippen LogP contribution >= 0.6 is 0 Å². The molecule has 2 aromatic rings. The number of amides is 2. The van der Waals surface area contributed by atoms with Crippen molar-refractivity contribution in [2.24, 2.45) is 0 Å². The molecule has 0 radical (unpaired) electrons. The number of carbonyl (C=O) groups excluding carboxylic acids is 2. The van der Waals surface area contributed by atoms with Crippen molar-refractivity contribution in [3.05, 3.63) is 60.2 Å². The van der Waals surface area contributed by atoms with Crippen molar-refractivity contribution >= 4 is 11.8 Å². The van der Waals surface area contributed by atoms with Crippen LogP contribution in [0.3, 0.4) is 0 Å². The summed E-state index contributed by atoms with van der Waals surface area (Å²) in [5.41, 5.74) is 3.38. The van der Waals surface area contributed by atoms with Gasteiger partial charge in [-0.1, -0.05) is 54.6 Å². The van der Waals surface area contributed by atoms with Crippen LogP contribution in [-0.2, 0) is 16.0 Å². The normalized spacial score (nSPS) is 14.9. The van der Waals surface area contributed by atoms with Crippen LogP contribution in [0.5, 0.6) is 0 Å². The Morgan fingerprint density at radius 3 is 2.12 bits per heavy atom. The topological polar surface area (TPSA) is 40.6 Å². The third-order valence-electron chi connectivity index (χ3n) is 5.28. The lowest BCUT2D eigenvalue weighted by atomic mass is 10.0. The Balaban J connectivity index is 1.55. The van der Waals surface area contributed by atoms with Gasteiger partial charge in [0.25, 0.3) is 0 Å². The molecular weight excluding hydrogens is 324 g/mol. The Hall–Kier alpha value is -2.62. The van der Waals surface area contributed by atoms with Crippen molar-refractivity contribution in [3.8, 4) is 11.1 Å². The minimum Gasteiger partial charge on any atom is -0.343 e. The average Bonchev–Trinajstić information content (AvgIpc) is 2.68. The van der Waals surface area contributed by atoms with E-state index in [-0.39, 0.29) is 17.9 Å². The van der Waals surface area contributed by atoms with Gasteiger partial charge >= 0.3 is 0 Å². The van der Waals surface area contributed by atoms with E-state index in [0.717, 1.165) is 37.1 Å². The summed E-state index contributed by atoms with van der Waals surface area (Å²) in [5, 5.41) is 0. The number of hydrogen-bond acceptors (Lipinski definition) is 2. The van der Waals surface area contributed by atoms with Gasteiger partial charge in [0.15, 0.2) is 0 Å². The zero-order valence-corrected chi connectivity index (χ0v) is 15.5. The van der Waals surface area contributed by atoms with E-state index in [1.807, 2.05) is 42.3 Å². The van der Waals surface area contributed by atoms with Gasteiger partial charge in [0.1, 0.15) is 0 Å². The second kappa shape index (κ2) is 8.17. The summed E-state index contributed by atoms with van der Waals surface area (Å²) in [7, 11) is 1.85. The van der Waals surface area contributed by atoms with E-state index in [1.165, 1.54) is 5.56 Å². The molecule has 0 saturated carbocycles. The van der Waals surface area contributed by atoms with Crippen molar-refractivity contribution in [2.45, 2.75) is 32.2 Å². The maximum atomic E-state index is 12.6. The van der Waals surface area contributed by atoms with Gasteiger partial charge in [-0.25, -0.2) is 0 Å². The summed E-state index contributed by atoms with van der Waals surface area (Å²) in [4.78, 5) is 27.8. The molecule has 136 valence electrons. The van der Waals surface area contributed by atoms with Gasteiger partial charge in [0, 0.05) is 33.1 Å². The second-order valence-corrected chi connectivity index (χ2v) is 6.98. The van der Waals surface area contributed by atoms with Gasteiger partial charge in [0.05, 0.1) is 6.42 Å². The first kappa shape index (κ1) is 18.2. The average molecular weight is 350 g/mol. The van der Waals surface area contributed by atoms with E-state index in [0.29, 0.717) is 6.42 Å². The quantitative estimate of drug-likeness (QED) is 0.848. The summed E-state index contributed by atoms with van der Waals surface area (Å²) in [6, 6.07) is 18.7. The summed E-state index contributed by atoms with van der Waals surface area (Å²) in [6.07, 6.45) is 2.14. The molecule has 0 bridgehead atoms. The Labute approximate surface area is 155 Å². The molecule has 1 saturated heterocycles. The maximum Gasteiger partial charge on any atom is 0.226 e. The summed E-state index contributed by atoms with van der Waals surface area (Å²) < 4.78 is 0. The minimum atomic E-state index is 0.0910. The van der Waals surface area contributed by atoms with E-state index in [1.54, 1.807) is 11.8 Å². The van der Waals surface area contributed by atoms with Crippen LogP contribution < -0.4 is 0 Å². The number of rotatable bonds is 4. The van der Waals surface area contributed by atoms with Crippen molar-refractivity contribution in [1.82, 2.24) is 9.80 Å². The van der Waals surface area contributed by atoms with Gasteiger partial charge in [-0.2, -0.15) is 0 Å². The van der Waals surface area contributed by atoms with Crippen molar-refractivity contribution in [1.29, 1.82) is 0 Å². The molecule has 26 heavy (non-hydrogen) atoms. The molecular formula is C22H26N2O2. The fraction of sp³-hybridized carbons (Fsp3) is 0.364. The number of likely N-dealkylation sites (tertiary alicyclic amines) is 1. The molecule has 3 rings (SSSR count). The van der Waals surface area contributed by atoms with Gasteiger partial charge in [0.2, 0.25) is 11.8 Å². The molecule has 1 fully saturated rings. The standard InChI is InChI=1S/C22H26N2O2/c1-17(25)23(2)21-12-14-24(15-13-21)22(26)16-18-8-10-20(11-9-18)19-6-4-3-5-7-19/h3-11,21H,12-16H2,1-2H3. The Morgan fingerprint density at radius 1 is 0.962 bits per heavy atom. The van der Waals surface area contributed by atoms with Crippen LogP contribution in [0.4, 0.5) is 0 Å². The highest BCUT2D eigenvalue weighted by molar-refractivity contribution is 5.79. The fourth-order valence-electron chi connectivity index (χ4n) is 3.49. The van der Waals surface area contributed by atoms with Crippen LogP contribution in [-0.4, -0.2) is 47.8 Å². The predicted octanol–water partition coefficient (Wildman–Crippen LogP) is 3.37. The number of carbonyl (C=O) groups is 2. The molecule has 4 heteroatoms. The first-order valence-corrected chi connectivity index (χ1v) is 9.20. The molecule has 1 aliphatic heterocycles. The first-order chi connectivity index (χ1) is 12.5. The van der Waals surface area contributed by atoms with E-state index in [4.69, 9.17) is 0 Å². The highest BCUT2D eigenvalue weighted by atomic mass is 16.2. The van der Waals surface area contributed by atoms with Crippen LogP contribution in [0.15, 0.2) is 54.6 Å². The van der Waals surface area contributed by atoms with Crippen LogP contribution in [0.25, 0.3) is 11.1 Å². The zero-order valence-electron chi connectivity index (χ0n) is 15.5. The molecule has 4 nitrogen and oxygen atoms in total. The molecule has 2 aromatic carbocycles. The Kier molecular flexibility index (Phi) is 5.71. The monoisotopic (exact) mass is 350 g/mol. The van der Waals surface area contributed by atoms with Crippen LogP contribution in [0, 0.1) is 0 Å². The largest absolute Gasteiger partial charge is 0.343 e. The number of hydrogen-bond donors (Lipinski definition) is 0. The third-order valence-corrected chi connectivity index (χ3v) is 5.28. The van der Waals surface area contributed by atoms with Crippen LogP contribution in [0.2, 0.25) is 0 Å². The predicted molar refractivity (Wildman–Crippen MR) is 104 cm³/mol. The lowest BCUT2D eigenvalue weighted by molar-refractivity contribution is -0.134. The molecule has 0 aromatic heterocycles. The molecule has 0 atom stereocenters. The van der Waals surface area contributed by atoms with E-state index < -0.39 is 0 Å². The van der Waals surface area contributed by atoms with E-state index >= 15 is 0 Å². The molecule has 2 amide bonds. The fourth-order valence-corrected chi connectivity index (χ4v) is 3.49. The summed E-state index contributed by atoms with van der Waals surface area (Å²) in [5.74, 6) is 0.259. The lowest BCUT2D eigenvalue weighted by Gasteiger charge is -2.36. The Bertz CT molecular complexity index is 747. The second-order valence-electron chi connectivity index (χ2n) is 6.98. The number of benzene rings is 2. The number of nitrogens with zero attached hydrogens (tertiary/aromatic N) is 2. The first-order valence-electron chi connectivity index (χ1n) is 9.20. The van der Waals surface area contributed by atoms with Crippen molar-refractivity contribution in [2.75, 3.05) is 20.1 Å². The maximum absolute atomic E-state index is 12.6. The zero-order chi connectivity index (χ0) is 18.5. The smallest absolute Gasteiger partial charge is 0.226 e. The Morgan fingerprint density at radius 2 is 1.54 bits per heavy atom. The van der Waals surface area contributed by atoms with E-state index in [2.05, 4.69) is 24.3 Å². The molecule has 0 N–H and O–H groups in total. The molecule has 0 spiro atoms. The van der Waals surface area contributed by atoms with Crippen molar-refractivity contribution < 1.29 is 9.59 Å².